The summed E-state index contributed by atoms with van der Waals surface area (Å²) in [7, 11) is 0. The summed E-state index contributed by atoms with van der Waals surface area (Å²) >= 11 is 0. The van der Waals surface area contributed by atoms with Crippen molar-refractivity contribution in [3.8, 4) is 6.07 Å². The zero-order valence-electron chi connectivity index (χ0n) is 8.68. The predicted molar refractivity (Wildman–Crippen MR) is 54.7 cm³/mol. The summed E-state index contributed by atoms with van der Waals surface area (Å²) in [4.78, 5) is 0. The molecule has 0 atom stereocenters. The fourth-order valence-corrected chi connectivity index (χ4v) is 1.60. The normalized spacial score (nSPS) is 10.2. The third-order valence-electron chi connectivity index (χ3n) is 2.33. The first-order valence-corrected chi connectivity index (χ1v) is 4.57. The average molecular weight is 173 g/mol. The summed E-state index contributed by atoms with van der Waals surface area (Å²) in [6.07, 6.45) is 0. The Morgan fingerprint density at radius 1 is 1.23 bits per heavy atom. The molecule has 1 rings (SSSR count). The third-order valence-corrected chi connectivity index (χ3v) is 2.33. The van der Waals surface area contributed by atoms with Gasteiger partial charge in [0.1, 0.15) is 0 Å². The van der Waals surface area contributed by atoms with Gasteiger partial charge >= 0.3 is 0 Å². The largest absolute Gasteiger partial charge is 0.192 e. The van der Waals surface area contributed by atoms with Crippen LogP contribution in [0.3, 0.4) is 0 Å². The SMILES string of the molecule is Cc1cc(C#N)c(C)c(C(C)C)c1. The average Bonchev–Trinajstić information content (AvgIpc) is 2.08. The smallest absolute Gasteiger partial charge is 0.0994 e. The van der Waals surface area contributed by atoms with Gasteiger partial charge < -0.3 is 0 Å². The van der Waals surface area contributed by atoms with Crippen LogP contribution in [0, 0.1) is 25.2 Å². The molecule has 0 spiro atoms. The second kappa shape index (κ2) is 3.62. The highest BCUT2D eigenvalue weighted by Crippen LogP contribution is 2.23. The summed E-state index contributed by atoms with van der Waals surface area (Å²) < 4.78 is 0. The Bertz CT molecular complexity index is 356. The van der Waals surface area contributed by atoms with Crippen LogP contribution in [-0.4, -0.2) is 0 Å². The highest BCUT2D eigenvalue weighted by molar-refractivity contribution is 5.45. The highest BCUT2D eigenvalue weighted by atomic mass is 14.2. The van der Waals surface area contributed by atoms with Crippen LogP contribution in [0.5, 0.6) is 0 Å². The first kappa shape index (κ1) is 9.80. The second-order valence-corrected chi connectivity index (χ2v) is 3.79. The summed E-state index contributed by atoms with van der Waals surface area (Å²) in [6, 6.07) is 6.34. The molecule has 0 amide bonds. The van der Waals surface area contributed by atoms with Gasteiger partial charge in [0.2, 0.25) is 0 Å². The molecule has 1 aromatic rings. The Morgan fingerprint density at radius 2 is 1.85 bits per heavy atom. The Labute approximate surface area is 80.0 Å². The summed E-state index contributed by atoms with van der Waals surface area (Å²) in [5, 5.41) is 8.90. The van der Waals surface area contributed by atoms with Crippen LogP contribution in [0.4, 0.5) is 0 Å². The molecule has 1 aromatic carbocycles. The van der Waals surface area contributed by atoms with Crippen LogP contribution in [0.1, 0.15) is 42.0 Å². The van der Waals surface area contributed by atoms with E-state index in [0.29, 0.717) is 5.92 Å². The van der Waals surface area contributed by atoms with E-state index in [-0.39, 0.29) is 0 Å². The summed E-state index contributed by atoms with van der Waals surface area (Å²) in [6.45, 7) is 8.37. The van der Waals surface area contributed by atoms with Crippen molar-refractivity contribution in [3.63, 3.8) is 0 Å². The van der Waals surface area contributed by atoms with Gasteiger partial charge in [-0.05, 0) is 42.5 Å². The molecular weight excluding hydrogens is 158 g/mol. The predicted octanol–water partition coefficient (Wildman–Crippen LogP) is 3.30. The zero-order chi connectivity index (χ0) is 10.0. The molecule has 0 fully saturated rings. The minimum atomic E-state index is 0.493. The quantitative estimate of drug-likeness (QED) is 0.639. The van der Waals surface area contributed by atoms with Crippen LogP contribution in [0.15, 0.2) is 12.1 Å². The van der Waals surface area contributed by atoms with Crippen molar-refractivity contribution in [2.75, 3.05) is 0 Å². The number of benzene rings is 1. The molecule has 0 unspecified atom stereocenters. The molecule has 0 saturated carbocycles. The fourth-order valence-electron chi connectivity index (χ4n) is 1.60. The van der Waals surface area contributed by atoms with Gasteiger partial charge in [-0.3, -0.25) is 0 Å². The highest BCUT2D eigenvalue weighted by Gasteiger charge is 2.07. The molecule has 0 radical (unpaired) electrons. The lowest BCUT2D eigenvalue weighted by atomic mass is 9.93. The van der Waals surface area contributed by atoms with E-state index in [9.17, 15) is 0 Å². The third kappa shape index (κ3) is 1.89. The summed E-state index contributed by atoms with van der Waals surface area (Å²) in [5.41, 5.74) is 4.40. The molecule has 68 valence electrons. The van der Waals surface area contributed by atoms with E-state index in [1.54, 1.807) is 0 Å². The van der Waals surface area contributed by atoms with Crippen molar-refractivity contribution in [1.29, 1.82) is 5.26 Å². The van der Waals surface area contributed by atoms with Crippen molar-refractivity contribution in [3.05, 3.63) is 34.4 Å². The maximum atomic E-state index is 8.90. The van der Waals surface area contributed by atoms with E-state index >= 15 is 0 Å². The van der Waals surface area contributed by atoms with Gasteiger partial charge in [-0.25, -0.2) is 0 Å². The van der Waals surface area contributed by atoms with Gasteiger partial charge in [0.05, 0.1) is 11.6 Å². The minimum Gasteiger partial charge on any atom is -0.192 e. The number of hydrogen-bond donors (Lipinski definition) is 0. The molecule has 0 aliphatic heterocycles. The molecule has 0 N–H and O–H groups in total. The topological polar surface area (TPSA) is 23.8 Å². The van der Waals surface area contributed by atoms with E-state index in [0.717, 1.165) is 11.1 Å². The van der Waals surface area contributed by atoms with E-state index in [1.807, 2.05) is 19.9 Å². The molecule has 0 aliphatic carbocycles. The molecule has 13 heavy (non-hydrogen) atoms. The first-order chi connectivity index (χ1) is 6.06. The Kier molecular flexibility index (Phi) is 2.72. The molecule has 1 nitrogen and oxygen atoms in total. The van der Waals surface area contributed by atoms with Crippen LogP contribution in [0.2, 0.25) is 0 Å². The van der Waals surface area contributed by atoms with E-state index < -0.39 is 0 Å². The van der Waals surface area contributed by atoms with Crippen molar-refractivity contribution in [1.82, 2.24) is 0 Å². The molecule has 0 aliphatic rings. The first-order valence-electron chi connectivity index (χ1n) is 4.57. The zero-order valence-corrected chi connectivity index (χ0v) is 8.68. The molecule has 1 heteroatoms. The van der Waals surface area contributed by atoms with Crippen LogP contribution in [0.25, 0.3) is 0 Å². The lowest BCUT2D eigenvalue weighted by molar-refractivity contribution is 0.853. The summed E-state index contributed by atoms with van der Waals surface area (Å²) in [5.74, 6) is 0.493. The van der Waals surface area contributed by atoms with Crippen LogP contribution >= 0.6 is 0 Å². The van der Waals surface area contributed by atoms with Gasteiger partial charge in [0, 0.05) is 0 Å². The Balaban J connectivity index is 3.38. The van der Waals surface area contributed by atoms with Crippen molar-refractivity contribution < 1.29 is 0 Å². The number of rotatable bonds is 1. The monoisotopic (exact) mass is 173 g/mol. The molecule has 0 saturated heterocycles. The Morgan fingerprint density at radius 3 is 2.31 bits per heavy atom. The second-order valence-electron chi connectivity index (χ2n) is 3.79. The standard InChI is InChI=1S/C12H15N/c1-8(2)12-6-9(3)5-11(7-13)10(12)4/h5-6,8H,1-4H3. The Hall–Kier alpha value is -1.29. The lowest BCUT2D eigenvalue weighted by Gasteiger charge is -2.11. The van der Waals surface area contributed by atoms with Crippen molar-refractivity contribution in [2.45, 2.75) is 33.6 Å². The van der Waals surface area contributed by atoms with Gasteiger partial charge in [-0.15, -0.1) is 0 Å². The number of nitriles is 1. The van der Waals surface area contributed by atoms with Gasteiger partial charge in [-0.2, -0.15) is 5.26 Å². The minimum absolute atomic E-state index is 0.493. The van der Waals surface area contributed by atoms with Crippen LogP contribution in [-0.2, 0) is 0 Å². The maximum absolute atomic E-state index is 8.90. The van der Waals surface area contributed by atoms with Crippen LogP contribution < -0.4 is 0 Å². The van der Waals surface area contributed by atoms with Gasteiger partial charge in [0.25, 0.3) is 0 Å². The molecule has 0 heterocycles. The maximum Gasteiger partial charge on any atom is 0.0994 e. The van der Waals surface area contributed by atoms with Gasteiger partial charge in [-0.1, -0.05) is 19.9 Å². The van der Waals surface area contributed by atoms with E-state index in [4.69, 9.17) is 5.26 Å². The van der Waals surface area contributed by atoms with E-state index in [1.165, 1.54) is 11.1 Å². The van der Waals surface area contributed by atoms with Gasteiger partial charge in [0.15, 0.2) is 0 Å². The molecule has 0 aromatic heterocycles. The fraction of sp³-hybridized carbons (Fsp3) is 0.417. The molecule has 0 bridgehead atoms. The van der Waals surface area contributed by atoms with Crippen molar-refractivity contribution >= 4 is 0 Å². The number of hydrogen-bond acceptors (Lipinski definition) is 1. The van der Waals surface area contributed by atoms with E-state index in [2.05, 4.69) is 26.0 Å². The number of aryl methyl sites for hydroxylation is 1. The number of nitrogens with zero attached hydrogens (tertiary/aromatic N) is 1. The lowest BCUT2D eigenvalue weighted by Crippen LogP contribution is -1.96. The molecular formula is C12H15N. The van der Waals surface area contributed by atoms with Crippen molar-refractivity contribution in [2.24, 2.45) is 0 Å².